The Morgan fingerprint density at radius 1 is 1.26 bits per heavy atom. The van der Waals surface area contributed by atoms with E-state index in [-0.39, 0.29) is 17.6 Å². The molecule has 7 heteroatoms. The number of rotatable bonds is 4. The molecule has 0 saturated heterocycles. The van der Waals surface area contributed by atoms with Gasteiger partial charge < -0.3 is 5.32 Å². The molecule has 2 aromatic heterocycles. The van der Waals surface area contributed by atoms with Crippen LogP contribution in [-0.4, -0.2) is 27.4 Å². The summed E-state index contributed by atoms with van der Waals surface area (Å²) in [5, 5.41) is 4.75. The fourth-order valence-electron chi connectivity index (χ4n) is 3.23. The first-order chi connectivity index (χ1) is 12.8. The summed E-state index contributed by atoms with van der Waals surface area (Å²) in [4.78, 5) is 35.9. The van der Waals surface area contributed by atoms with Crippen molar-refractivity contribution in [3.8, 4) is 0 Å². The number of nitrogens with zero attached hydrogens (tertiary/aromatic N) is 2. The minimum atomic E-state index is -0.221. The Hall–Kier alpha value is -2.25. The highest BCUT2D eigenvalue weighted by Gasteiger charge is 2.27. The maximum atomic E-state index is 12.8. The van der Waals surface area contributed by atoms with E-state index in [2.05, 4.69) is 29.1 Å². The highest BCUT2D eigenvalue weighted by atomic mass is 32.2. The second-order valence-corrected chi connectivity index (χ2v) is 8.93. The summed E-state index contributed by atoms with van der Waals surface area (Å²) in [5.74, 6) is 0.805. The molecule has 0 spiro atoms. The highest BCUT2D eigenvalue weighted by molar-refractivity contribution is 8.00. The smallest absolute Gasteiger partial charge is 0.231 e. The topological polar surface area (TPSA) is 72.0 Å². The maximum absolute atomic E-state index is 12.8. The zero-order chi connectivity index (χ0) is 19.3. The number of thioether (sulfide) groups is 1. The van der Waals surface area contributed by atoms with E-state index in [0.29, 0.717) is 11.3 Å². The first kappa shape index (κ1) is 18.1. The van der Waals surface area contributed by atoms with Crippen LogP contribution >= 0.6 is 23.1 Å². The Morgan fingerprint density at radius 3 is 2.81 bits per heavy atom. The molecule has 4 rings (SSSR count). The number of aromatic nitrogens is 2. The van der Waals surface area contributed by atoms with E-state index in [9.17, 15) is 9.59 Å². The summed E-state index contributed by atoms with van der Waals surface area (Å²) < 4.78 is 0. The minimum absolute atomic E-state index is 0.0221. The molecule has 0 radical (unpaired) electrons. The van der Waals surface area contributed by atoms with Crippen molar-refractivity contribution in [2.75, 3.05) is 11.1 Å². The SMILES string of the molecule is Cc1nc(SCC(=O)c2ccc3c(c2)[C@@H](C)C(=O)N3)c2c(C)c(C)sc2n1. The second kappa shape index (κ2) is 6.73. The molecule has 1 aliphatic heterocycles. The van der Waals surface area contributed by atoms with E-state index in [1.54, 1.807) is 17.4 Å². The van der Waals surface area contributed by atoms with Gasteiger partial charge in [0.25, 0.3) is 0 Å². The molecule has 3 heterocycles. The molecule has 1 aliphatic rings. The molecule has 1 amide bonds. The van der Waals surface area contributed by atoms with Gasteiger partial charge in [-0.2, -0.15) is 0 Å². The number of Topliss-reactive ketones (excluding diaryl/α,β-unsaturated/α-hetero) is 1. The number of carbonyl (C=O) groups is 2. The number of anilines is 1. The van der Waals surface area contributed by atoms with Gasteiger partial charge in [-0.3, -0.25) is 9.59 Å². The Bertz CT molecular complexity index is 1100. The Balaban J connectivity index is 1.59. The van der Waals surface area contributed by atoms with Gasteiger partial charge in [0.05, 0.1) is 11.7 Å². The number of benzene rings is 1. The van der Waals surface area contributed by atoms with Gasteiger partial charge in [0.1, 0.15) is 15.7 Å². The van der Waals surface area contributed by atoms with Crippen molar-refractivity contribution >= 4 is 50.7 Å². The first-order valence-corrected chi connectivity index (χ1v) is 10.5. The van der Waals surface area contributed by atoms with Crippen molar-refractivity contribution in [2.24, 2.45) is 0 Å². The lowest BCUT2D eigenvalue weighted by molar-refractivity contribution is -0.116. The maximum Gasteiger partial charge on any atom is 0.231 e. The molecule has 0 saturated carbocycles. The average molecular weight is 398 g/mol. The van der Waals surface area contributed by atoms with E-state index in [1.165, 1.54) is 22.2 Å². The fourth-order valence-corrected chi connectivity index (χ4v) is 5.39. The van der Waals surface area contributed by atoms with Crippen molar-refractivity contribution in [3.05, 3.63) is 45.6 Å². The summed E-state index contributed by atoms with van der Waals surface area (Å²) >= 11 is 3.12. The number of hydrogen-bond donors (Lipinski definition) is 1. The molecular formula is C20H19N3O2S2. The molecule has 0 aliphatic carbocycles. The first-order valence-electron chi connectivity index (χ1n) is 8.70. The minimum Gasteiger partial charge on any atom is -0.325 e. The van der Waals surface area contributed by atoms with E-state index in [1.807, 2.05) is 26.0 Å². The molecule has 0 fully saturated rings. The highest BCUT2D eigenvalue weighted by Crippen LogP contribution is 2.36. The van der Waals surface area contributed by atoms with Crippen molar-refractivity contribution < 1.29 is 9.59 Å². The Morgan fingerprint density at radius 2 is 2.04 bits per heavy atom. The van der Waals surface area contributed by atoms with Crippen LogP contribution in [-0.2, 0) is 4.79 Å². The van der Waals surface area contributed by atoms with Crippen LogP contribution in [0.2, 0.25) is 0 Å². The van der Waals surface area contributed by atoms with Crippen LogP contribution in [0.5, 0.6) is 0 Å². The van der Waals surface area contributed by atoms with Crippen LogP contribution in [0.1, 0.15) is 45.0 Å². The van der Waals surface area contributed by atoms with Crippen molar-refractivity contribution in [3.63, 3.8) is 0 Å². The van der Waals surface area contributed by atoms with Gasteiger partial charge in [0.2, 0.25) is 5.91 Å². The molecule has 1 aromatic carbocycles. The number of thiophene rings is 1. The van der Waals surface area contributed by atoms with Crippen molar-refractivity contribution in [1.82, 2.24) is 9.97 Å². The lowest BCUT2D eigenvalue weighted by Gasteiger charge is -2.07. The number of ketones is 1. The third kappa shape index (κ3) is 3.15. The number of amides is 1. The largest absolute Gasteiger partial charge is 0.325 e. The average Bonchev–Trinajstić information content (AvgIpc) is 3.08. The lowest BCUT2D eigenvalue weighted by atomic mass is 9.99. The molecule has 1 N–H and O–H groups in total. The fraction of sp³-hybridized carbons (Fsp3) is 0.300. The summed E-state index contributed by atoms with van der Waals surface area (Å²) in [6.07, 6.45) is 0. The predicted octanol–water partition coefficient (Wildman–Crippen LogP) is 4.65. The van der Waals surface area contributed by atoms with Crippen LogP contribution in [0, 0.1) is 20.8 Å². The zero-order valence-corrected chi connectivity index (χ0v) is 17.2. The van der Waals surface area contributed by atoms with E-state index < -0.39 is 0 Å². The van der Waals surface area contributed by atoms with Gasteiger partial charge in [-0.05, 0) is 57.0 Å². The summed E-state index contributed by atoms with van der Waals surface area (Å²) in [6.45, 7) is 7.89. The van der Waals surface area contributed by atoms with Crippen molar-refractivity contribution in [2.45, 2.75) is 38.6 Å². The number of hydrogen-bond acceptors (Lipinski definition) is 6. The van der Waals surface area contributed by atoms with Crippen LogP contribution in [0.3, 0.4) is 0 Å². The molecular weight excluding hydrogens is 378 g/mol. The van der Waals surface area contributed by atoms with Gasteiger partial charge in [0.15, 0.2) is 5.78 Å². The van der Waals surface area contributed by atoms with Gasteiger partial charge in [0, 0.05) is 21.5 Å². The van der Waals surface area contributed by atoms with Gasteiger partial charge in [-0.25, -0.2) is 9.97 Å². The molecule has 0 unspecified atom stereocenters. The zero-order valence-electron chi connectivity index (χ0n) is 15.5. The Kier molecular flexibility index (Phi) is 4.52. The van der Waals surface area contributed by atoms with Crippen LogP contribution in [0.25, 0.3) is 10.2 Å². The summed E-state index contributed by atoms with van der Waals surface area (Å²) in [6, 6.07) is 5.43. The van der Waals surface area contributed by atoms with E-state index in [4.69, 9.17) is 0 Å². The molecule has 5 nitrogen and oxygen atoms in total. The van der Waals surface area contributed by atoms with Crippen LogP contribution in [0.4, 0.5) is 5.69 Å². The normalized spacial score (nSPS) is 15.9. The molecule has 27 heavy (non-hydrogen) atoms. The Labute approximate surface area is 165 Å². The number of carbonyl (C=O) groups excluding carboxylic acids is 2. The van der Waals surface area contributed by atoms with Gasteiger partial charge in [-0.1, -0.05) is 11.8 Å². The van der Waals surface area contributed by atoms with E-state index >= 15 is 0 Å². The van der Waals surface area contributed by atoms with Crippen LogP contribution < -0.4 is 5.32 Å². The standard InChI is InChI=1S/C20H19N3O2S2/c1-9-11(3)27-20-17(9)19(21-12(4)22-20)26-8-16(24)13-5-6-15-14(7-13)10(2)18(25)23-15/h5-7,10H,8H2,1-4H3,(H,23,25)/t10-/m1/s1. The van der Waals surface area contributed by atoms with Crippen molar-refractivity contribution in [1.29, 1.82) is 0 Å². The second-order valence-electron chi connectivity index (χ2n) is 6.76. The van der Waals surface area contributed by atoms with Gasteiger partial charge >= 0.3 is 0 Å². The van der Waals surface area contributed by atoms with Gasteiger partial charge in [-0.15, -0.1) is 11.3 Å². The third-order valence-electron chi connectivity index (χ3n) is 4.94. The molecule has 3 aromatic rings. The number of fused-ring (bicyclic) bond motifs is 2. The summed E-state index contributed by atoms with van der Waals surface area (Å²) in [7, 11) is 0. The third-order valence-corrected chi connectivity index (χ3v) is 7.01. The quantitative estimate of drug-likeness (QED) is 0.394. The number of aryl methyl sites for hydroxylation is 3. The van der Waals surface area contributed by atoms with E-state index in [0.717, 1.165) is 32.3 Å². The summed E-state index contributed by atoms with van der Waals surface area (Å²) in [5.41, 5.74) is 3.50. The molecule has 138 valence electrons. The molecule has 0 bridgehead atoms. The lowest BCUT2D eigenvalue weighted by Crippen LogP contribution is -2.08. The molecule has 1 atom stereocenters. The number of nitrogens with one attached hydrogen (secondary N) is 1. The van der Waals surface area contributed by atoms with Crippen LogP contribution in [0.15, 0.2) is 23.2 Å². The monoisotopic (exact) mass is 397 g/mol. The predicted molar refractivity (Wildman–Crippen MR) is 110 cm³/mol.